The fourth-order valence-electron chi connectivity index (χ4n) is 3.08. The number of rotatable bonds is 5. The van der Waals surface area contributed by atoms with E-state index in [0.717, 1.165) is 5.56 Å². The van der Waals surface area contributed by atoms with Crippen molar-refractivity contribution in [2.45, 2.75) is 19.9 Å². The molecule has 8 nitrogen and oxygen atoms in total. The molecule has 0 fully saturated rings. The van der Waals surface area contributed by atoms with Crippen LogP contribution in [0.2, 0.25) is 5.02 Å². The Morgan fingerprint density at radius 2 is 2.14 bits per heavy atom. The van der Waals surface area contributed by atoms with Crippen LogP contribution in [-0.4, -0.2) is 27.1 Å². The lowest BCUT2D eigenvalue weighted by molar-refractivity contribution is -0.123. The predicted molar refractivity (Wildman–Crippen MR) is 107 cm³/mol. The van der Waals surface area contributed by atoms with Gasteiger partial charge < -0.3 is 14.5 Å². The Hall–Kier alpha value is -3.39. The molecule has 0 aliphatic rings. The second-order valence-electron chi connectivity index (χ2n) is 6.59. The van der Waals surface area contributed by atoms with Crippen LogP contribution in [0.25, 0.3) is 16.6 Å². The van der Waals surface area contributed by atoms with Crippen molar-refractivity contribution in [1.29, 1.82) is 0 Å². The third-order valence-electron chi connectivity index (χ3n) is 4.47. The highest BCUT2D eigenvalue weighted by Crippen LogP contribution is 2.31. The van der Waals surface area contributed by atoms with Crippen LogP contribution in [0.1, 0.15) is 24.4 Å². The summed E-state index contributed by atoms with van der Waals surface area (Å²) >= 11 is 6.25. The Labute approximate surface area is 170 Å². The van der Waals surface area contributed by atoms with Crippen LogP contribution in [-0.2, 0) is 4.79 Å². The van der Waals surface area contributed by atoms with Crippen molar-refractivity contribution in [1.82, 2.24) is 19.9 Å². The van der Waals surface area contributed by atoms with Crippen molar-refractivity contribution in [3.63, 3.8) is 0 Å². The molecule has 1 atom stereocenters. The number of aryl methyl sites for hydroxylation is 1. The van der Waals surface area contributed by atoms with Gasteiger partial charge in [0.15, 0.2) is 18.1 Å². The Bertz CT molecular complexity index is 1280. The SMILES string of the molecule is Cc1cc(=O)oc2cc(OCC(=O)N[C@@H](C)c3nnc4ccccn34)c(Cl)cc12. The van der Waals surface area contributed by atoms with Crippen LogP contribution in [0.3, 0.4) is 0 Å². The van der Waals surface area contributed by atoms with Crippen LogP contribution in [0.4, 0.5) is 0 Å². The lowest BCUT2D eigenvalue weighted by Gasteiger charge is -2.14. The fraction of sp³-hybridized carbons (Fsp3) is 0.200. The Morgan fingerprint density at radius 3 is 2.97 bits per heavy atom. The fourth-order valence-corrected chi connectivity index (χ4v) is 3.29. The number of nitrogens with zero attached hydrogens (tertiary/aromatic N) is 3. The first kappa shape index (κ1) is 18.9. The van der Waals surface area contributed by atoms with Crippen LogP contribution in [0.15, 0.2) is 51.8 Å². The van der Waals surface area contributed by atoms with Gasteiger partial charge >= 0.3 is 5.63 Å². The first-order valence-corrected chi connectivity index (χ1v) is 9.26. The van der Waals surface area contributed by atoms with Crippen LogP contribution in [0, 0.1) is 6.92 Å². The van der Waals surface area contributed by atoms with E-state index in [9.17, 15) is 9.59 Å². The van der Waals surface area contributed by atoms with E-state index in [4.69, 9.17) is 20.8 Å². The summed E-state index contributed by atoms with van der Waals surface area (Å²) < 4.78 is 12.5. The van der Waals surface area contributed by atoms with Gasteiger partial charge in [0.1, 0.15) is 11.3 Å². The van der Waals surface area contributed by atoms with Gasteiger partial charge in [-0.05, 0) is 37.6 Å². The van der Waals surface area contributed by atoms with E-state index in [2.05, 4.69) is 15.5 Å². The average Bonchev–Trinajstić information content (AvgIpc) is 3.11. The quantitative estimate of drug-likeness (QED) is 0.506. The number of hydrogen-bond donors (Lipinski definition) is 1. The number of halogens is 1. The highest BCUT2D eigenvalue weighted by atomic mass is 35.5. The van der Waals surface area contributed by atoms with E-state index >= 15 is 0 Å². The van der Waals surface area contributed by atoms with Gasteiger partial charge in [0.05, 0.1) is 11.1 Å². The van der Waals surface area contributed by atoms with Gasteiger partial charge in [0, 0.05) is 23.7 Å². The molecule has 0 saturated heterocycles. The number of pyridine rings is 1. The highest BCUT2D eigenvalue weighted by molar-refractivity contribution is 6.32. The first-order chi connectivity index (χ1) is 13.9. The molecule has 29 heavy (non-hydrogen) atoms. The van der Waals surface area contributed by atoms with Crippen LogP contribution < -0.4 is 15.7 Å². The molecule has 3 heterocycles. The van der Waals surface area contributed by atoms with Gasteiger partial charge in [-0.3, -0.25) is 9.20 Å². The smallest absolute Gasteiger partial charge is 0.336 e. The van der Waals surface area contributed by atoms with E-state index in [1.54, 1.807) is 17.4 Å². The van der Waals surface area contributed by atoms with Crippen molar-refractivity contribution in [3.8, 4) is 5.75 Å². The highest BCUT2D eigenvalue weighted by Gasteiger charge is 2.17. The second-order valence-corrected chi connectivity index (χ2v) is 7.00. The first-order valence-electron chi connectivity index (χ1n) is 8.88. The lowest BCUT2D eigenvalue weighted by atomic mass is 10.1. The summed E-state index contributed by atoms with van der Waals surface area (Å²) in [6, 6.07) is 9.72. The number of benzene rings is 1. The molecule has 4 rings (SSSR count). The van der Waals surface area contributed by atoms with Crippen LogP contribution in [0.5, 0.6) is 5.75 Å². The van der Waals surface area contributed by atoms with Gasteiger partial charge in [0.25, 0.3) is 5.91 Å². The van der Waals surface area contributed by atoms with Gasteiger partial charge in [0.2, 0.25) is 0 Å². The lowest BCUT2D eigenvalue weighted by Crippen LogP contribution is -2.32. The topological polar surface area (TPSA) is 98.7 Å². The number of ether oxygens (including phenoxy) is 1. The summed E-state index contributed by atoms with van der Waals surface area (Å²) in [6.07, 6.45) is 1.83. The molecule has 0 saturated carbocycles. The third kappa shape index (κ3) is 3.79. The molecule has 1 amide bonds. The van der Waals surface area contributed by atoms with Crippen molar-refractivity contribution in [2.75, 3.05) is 6.61 Å². The molecule has 1 N–H and O–H groups in total. The summed E-state index contributed by atoms with van der Waals surface area (Å²) in [5, 5.41) is 12.0. The van der Waals surface area contributed by atoms with Crippen molar-refractivity contribution < 1.29 is 13.9 Å². The zero-order valence-electron chi connectivity index (χ0n) is 15.7. The number of hydrogen-bond acceptors (Lipinski definition) is 6. The van der Waals surface area contributed by atoms with Gasteiger partial charge in [-0.15, -0.1) is 10.2 Å². The van der Waals surface area contributed by atoms with Gasteiger partial charge in [-0.2, -0.15) is 0 Å². The summed E-state index contributed by atoms with van der Waals surface area (Å²) in [5.74, 6) is 0.505. The average molecular weight is 413 g/mol. The maximum absolute atomic E-state index is 12.3. The van der Waals surface area contributed by atoms with E-state index in [-0.39, 0.29) is 24.3 Å². The molecule has 0 bridgehead atoms. The minimum absolute atomic E-state index is 0.253. The molecular formula is C20H17ClN4O4. The summed E-state index contributed by atoms with van der Waals surface area (Å²) in [6.45, 7) is 3.34. The standard InChI is InChI=1S/C20H17ClN4O4/c1-11-7-19(27)29-15-9-16(14(21)8-13(11)15)28-10-18(26)22-12(2)20-24-23-17-5-3-4-6-25(17)20/h3-9,12H,10H2,1-2H3,(H,22,26)/t12-/m0/s1. The van der Waals surface area contributed by atoms with Gasteiger partial charge in [-0.1, -0.05) is 17.7 Å². The molecule has 4 aromatic rings. The predicted octanol–water partition coefficient (Wildman–Crippen LogP) is 3.05. The molecule has 9 heteroatoms. The maximum Gasteiger partial charge on any atom is 0.336 e. The molecule has 148 valence electrons. The van der Waals surface area contributed by atoms with Crippen LogP contribution >= 0.6 is 11.6 Å². The van der Waals surface area contributed by atoms with E-state index in [0.29, 0.717) is 27.5 Å². The number of nitrogens with one attached hydrogen (secondary N) is 1. The Balaban J connectivity index is 1.47. The molecule has 1 aromatic carbocycles. The molecule has 0 aliphatic carbocycles. The molecule has 0 unspecified atom stereocenters. The van der Waals surface area contributed by atoms with Crippen molar-refractivity contribution in [2.24, 2.45) is 0 Å². The number of carbonyl (C=O) groups excluding carboxylic acids is 1. The number of aromatic nitrogens is 3. The number of fused-ring (bicyclic) bond motifs is 2. The zero-order chi connectivity index (χ0) is 20.5. The number of carbonyl (C=O) groups is 1. The Morgan fingerprint density at radius 1 is 1.31 bits per heavy atom. The summed E-state index contributed by atoms with van der Waals surface area (Å²) in [4.78, 5) is 23.9. The van der Waals surface area contributed by atoms with Crippen molar-refractivity contribution in [3.05, 3.63) is 69.4 Å². The molecule has 0 radical (unpaired) electrons. The molecule has 3 aromatic heterocycles. The van der Waals surface area contributed by atoms with Crippen molar-refractivity contribution >= 4 is 34.1 Å². The van der Waals surface area contributed by atoms with E-state index in [1.165, 1.54) is 12.1 Å². The maximum atomic E-state index is 12.3. The third-order valence-corrected chi connectivity index (χ3v) is 4.76. The molecule has 0 spiro atoms. The number of amides is 1. The molecular weight excluding hydrogens is 396 g/mol. The molecule has 0 aliphatic heterocycles. The summed E-state index contributed by atoms with van der Waals surface area (Å²) in [7, 11) is 0. The largest absolute Gasteiger partial charge is 0.482 e. The minimum Gasteiger partial charge on any atom is -0.482 e. The van der Waals surface area contributed by atoms with E-state index < -0.39 is 5.63 Å². The monoisotopic (exact) mass is 412 g/mol. The van der Waals surface area contributed by atoms with E-state index in [1.807, 2.05) is 31.3 Å². The van der Waals surface area contributed by atoms with Gasteiger partial charge in [-0.25, -0.2) is 4.79 Å². The zero-order valence-corrected chi connectivity index (χ0v) is 16.4. The normalized spacial score (nSPS) is 12.2. The summed E-state index contributed by atoms with van der Waals surface area (Å²) in [5.41, 5.74) is 1.32. The Kier molecular flexibility index (Phi) is 4.94. The minimum atomic E-state index is -0.463. The second kappa shape index (κ2) is 7.56.